The van der Waals surface area contributed by atoms with Gasteiger partial charge in [0.1, 0.15) is 5.75 Å². The fraction of sp³-hybridized carbons (Fsp3) is 0.467. The third-order valence-corrected chi connectivity index (χ3v) is 3.33. The van der Waals surface area contributed by atoms with Gasteiger partial charge in [-0.2, -0.15) is 5.10 Å². The van der Waals surface area contributed by atoms with Crippen LogP contribution in [-0.2, 0) is 4.79 Å². The third kappa shape index (κ3) is 4.39. The number of hydrogen-bond acceptors (Lipinski definition) is 3. The average Bonchev–Trinajstić information content (AvgIpc) is 2.45. The van der Waals surface area contributed by atoms with Crippen LogP contribution in [-0.4, -0.2) is 18.2 Å². The Morgan fingerprint density at radius 2 is 2.16 bits per heavy atom. The Kier molecular flexibility index (Phi) is 4.95. The second-order valence-electron chi connectivity index (χ2n) is 4.89. The van der Waals surface area contributed by atoms with Crippen LogP contribution in [0.5, 0.6) is 5.75 Å². The SMILES string of the molecule is CC1CCCCC1=NNC(=O)COc1ccccc1. The number of para-hydroxylation sites is 1. The summed E-state index contributed by atoms with van der Waals surface area (Å²) in [5.41, 5.74) is 3.67. The molecule has 102 valence electrons. The normalized spacial score (nSPS) is 21.1. The molecule has 1 aliphatic rings. The molecule has 19 heavy (non-hydrogen) atoms. The fourth-order valence-electron chi connectivity index (χ4n) is 2.17. The highest BCUT2D eigenvalue weighted by Gasteiger charge is 2.16. The summed E-state index contributed by atoms with van der Waals surface area (Å²) in [6.07, 6.45) is 4.57. The van der Waals surface area contributed by atoms with Crippen molar-refractivity contribution in [1.82, 2.24) is 5.43 Å². The van der Waals surface area contributed by atoms with E-state index in [4.69, 9.17) is 4.74 Å². The number of nitrogens with one attached hydrogen (secondary N) is 1. The lowest BCUT2D eigenvalue weighted by Crippen LogP contribution is -2.28. The molecule has 0 saturated heterocycles. The molecule has 0 spiro atoms. The van der Waals surface area contributed by atoms with Crippen LogP contribution >= 0.6 is 0 Å². The number of carbonyl (C=O) groups is 1. The predicted octanol–water partition coefficient (Wildman–Crippen LogP) is 2.75. The van der Waals surface area contributed by atoms with E-state index < -0.39 is 0 Å². The molecule has 0 radical (unpaired) electrons. The summed E-state index contributed by atoms with van der Waals surface area (Å²) in [7, 11) is 0. The minimum atomic E-state index is -0.214. The summed E-state index contributed by atoms with van der Waals surface area (Å²) in [6, 6.07) is 9.29. The zero-order valence-electron chi connectivity index (χ0n) is 11.3. The smallest absolute Gasteiger partial charge is 0.277 e. The van der Waals surface area contributed by atoms with E-state index >= 15 is 0 Å². The Morgan fingerprint density at radius 1 is 1.37 bits per heavy atom. The number of hydrazone groups is 1. The van der Waals surface area contributed by atoms with Crippen molar-refractivity contribution in [1.29, 1.82) is 0 Å². The highest BCUT2D eigenvalue weighted by atomic mass is 16.5. The van der Waals surface area contributed by atoms with Crippen LogP contribution < -0.4 is 10.2 Å². The van der Waals surface area contributed by atoms with Gasteiger partial charge in [0.05, 0.1) is 0 Å². The Morgan fingerprint density at radius 3 is 2.89 bits per heavy atom. The summed E-state index contributed by atoms with van der Waals surface area (Å²) in [5, 5.41) is 4.21. The maximum absolute atomic E-state index is 11.6. The molecule has 0 aliphatic heterocycles. The van der Waals surface area contributed by atoms with Crippen LogP contribution in [0.3, 0.4) is 0 Å². The second kappa shape index (κ2) is 6.92. The molecule has 1 amide bonds. The van der Waals surface area contributed by atoms with Crippen molar-refractivity contribution >= 4 is 11.6 Å². The highest BCUT2D eigenvalue weighted by molar-refractivity contribution is 5.88. The largest absolute Gasteiger partial charge is 0.484 e. The number of benzene rings is 1. The van der Waals surface area contributed by atoms with E-state index in [0.29, 0.717) is 11.7 Å². The van der Waals surface area contributed by atoms with E-state index in [1.807, 2.05) is 30.3 Å². The van der Waals surface area contributed by atoms with Gasteiger partial charge in [-0.1, -0.05) is 31.5 Å². The minimum Gasteiger partial charge on any atom is -0.484 e. The van der Waals surface area contributed by atoms with Crippen molar-refractivity contribution in [3.63, 3.8) is 0 Å². The number of rotatable bonds is 4. The molecule has 0 aromatic heterocycles. The molecule has 1 atom stereocenters. The molecule has 1 saturated carbocycles. The molecule has 0 bridgehead atoms. The quantitative estimate of drug-likeness (QED) is 0.846. The fourth-order valence-corrected chi connectivity index (χ4v) is 2.17. The van der Waals surface area contributed by atoms with Crippen LogP contribution in [0.4, 0.5) is 0 Å². The van der Waals surface area contributed by atoms with E-state index in [1.165, 1.54) is 12.8 Å². The van der Waals surface area contributed by atoms with Gasteiger partial charge >= 0.3 is 0 Å². The van der Waals surface area contributed by atoms with E-state index in [1.54, 1.807) is 0 Å². The Labute approximate surface area is 113 Å². The van der Waals surface area contributed by atoms with Crippen LogP contribution in [0.25, 0.3) is 0 Å². The van der Waals surface area contributed by atoms with Gasteiger partial charge in [0.2, 0.25) is 0 Å². The molecule has 1 fully saturated rings. The van der Waals surface area contributed by atoms with Crippen molar-refractivity contribution in [3.8, 4) is 5.75 Å². The van der Waals surface area contributed by atoms with Crippen molar-refractivity contribution in [3.05, 3.63) is 30.3 Å². The molecule has 1 aromatic rings. The lowest BCUT2D eigenvalue weighted by atomic mass is 9.89. The van der Waals surface area contributed by atoms with E-state index in [2.05, 4.69) is 17.5 Å². The monoisotopic (exact) mass is 260 g/mol. The number of hydrogen-bond donors (Lipinski definition) is 1. The number of nitrogens with zero attached hydrogens (tertiary/aromatic N) is 1. The van der Waals surface area contributed by atoms with Gasteiger partial charge in [-0.25, -0.2) is 5.43 Å². The van der Waals surface area contributed by atoms with Gasteiger partial charge < -0.3 is 4.74 Å². The van der Waals surface area contributed by atoms with Gasteiger partial charge in [0.25, 0.3) is 5.91 Å². The molecule has 4 heteroatoms. The van der Waals surface area contributed by atoms with Gasteiger partial charge in [-0.3, -0.25) is 4.79 Å². The Bertz CT molecular complexity index is 443. The van der Waals surface area contributed by atoms with E-state index in [0.717, 1.165) is 18.6 Å². The van der Waals surface area contributed by atoms with Gasteiger partial charge in [0, 0.05) is 5.71 Å². The average molecular weight is 260 g/mol. The maximum Gasteiger partial charge on any atom is 0.277 e. The Balaban J connectivity index is 1.77. The first-order valence-electron chi connectivity index (χ1n) is 6.79. The minimum absolute atomic E-state index is 0.00479. The molecule has 2 rings (SSSR count). The third-order valence-electron chi connectivity index (χ3n) is 3.33. The lowest BCUT2D eigenvalue weighted by Gasteiger charge is -2.19. The molecule has 1 aromatic carbocycles. The number of amides is 1. The summed E-state index contributed by atoms with van der Waals surface area (Å²) in [5.74, 6) is 0.953. The zero-order chi connectivity index (χ0) is 13.5. The second-order valence-corrected chi connectivity index (χ2v) is 4.89. The van der Waals surface area contributed by atoms with E-state index in [-0.39, 0.29) is 12.5 Å². The lowest BCUT2D eigenvalue weighted by molar-refractivity contribution is -0.123. The number of carbonyl (C=O) groups excluding carboxylic acids is 1. The molecule has 0 heterocycles. The van der Waals surface area contributed by atoms with Crippen molar-refractivity contribution < 1.29 is 9.53 Å². The van der Waals surface area contributed by atoms with Crippen molar-refractivity contribution in [2.45, 2.75) is 32.6 Å². The van der Waals surface area contributed by atoms with Crippen LogP contribution in [0.15, 0.2) is 35.4 Å². The number of ether oxygens (including phenoxy) is 1. The van der Waals surface area contributed by atoms with Gasteiger partial charge in [-0.05, 0) is 37.3 Å². The zero-order valence-corrected chi connectivity index (χ0v) is 11.3. The first-order chi connectivity index (χ1) is 9.25. The molecule has 1 aliphatic carbocycles. The summed E-state index contributed by atoms with van der Waals surface area (Å²) >= 11 is 0. The van der Waals surface area contributed by atoms with Crippen molar-refractivity contribution in [2.24, 2.45) is 11.0 Å². The first kappa shape index (κ1) is 13.6. The molecule has 1 unspecified atom stereocenters. The maximum atomic E-state index is 11.6. The predicted molar refractivity (Wildman–Crippen MR) is 75.1 cm³/mol. The van der Waals surface area contributed by atoms with Gasteiger partial charge in [-0.15, -0.1) is 0 Å². The standard InChI is InChI=1S/C15H20N2O2/c1-12-7-5-6-10-14(12)16-17-15(18)11-19-13-8-3-2-4-9-13/h2-4,8-9,12H,5-7,10-11H2,1H3,(H,17,18). The Hall–Kier alpha value is -1.84. The first-order valence-corrected chi connectivity index (χ1v) is 6.79. The van der Waals surface area contributed by atoms with Gasteiger partial charge in [0.15, 0.2) is 6.61 Å². The molecule has 1 N–H and O–H groups in total. The summed E-state index contributed by atoms with van der Waals surface area (Å²) in [6.45, 7) is 2.15. The van der Waals surface area contributed by atoms with Crippen LogP contribution in [0.1, 0.15) is 32.6 Å². The van der Waals surface area contributed by atoms with Crippen LogP contribution in [0.2, 0.25) is 0 Å². The molecule has 4 nitrogen and oxygen atoms in total. The van der Waals surface area contributed by atoms with Crippen molar-refractivity contribution in [2.75, 3.05) is 6.61 Å². The van der Waals surface area contributed by atoms with Crippen LogP contribution in [0, 0.1) is 5.92 Å². The van der Waals surface area contributed by atoms with E-state index in [9.17, 15) is 4.79 Å². The molecular formula is C15H20N2O2. The summed E-state index contributed by atoms with van der Waals surface area (Å²) in [4.78, 5) is 11.6. The topological polar surface area (TPSA) is 50.7 Å². The molecular weight excluding hydrogens is 240 g/mol. The summed E-state index contributed by atoms with van der Waals surface area (Å²) < 4.78 is 5.35. The highest BCUT2D eigenvalue weighted by Crippen LogP contribution is 2.20.